The molecule has 0 unspecified atom stereocenters. The quantitative estimate of drug-likeness (QED) is 0.724. The molecule has 0 fully saturated rings. The van der Waals surface area contributed by atoms with Gasteiger partial charge in [0.25, 0.3) is 5.91 Å². The first-order valence-electron chi connectivity index (χ1n) is 8.14. The fourth-order valence-corrected chi connectivity index (χ4v) is 2.70. The topological polar surface area (TPSA) is 41.6 Å². The molecule has 0 aliphatic rings. The van der Waals surface area contributed by atoms with Crippen molar-refractivity contribution < 1.29 is 9.53 Å². The molecule has 4 nitrogen and oxygen atoms in total. The van der Waals surface area contributed by atoms with E-state index in [-0.39, 0.29) is 5.91 Å². The van der Waals surface area contributed by atoms with Gasteiger partial charge in [0.2, 0.25) is 0 Å². The number of halogens is 1. The van der Waals surface area contributed by atoms with E-state index in [0.29, 0.717) is 12.2 Å². The molecule has 0 aromatic heterocycles. The third-order valence-electron chi connectivity index (χ3n) is 3.77. The van der Waals surface area contributed by atoms with Gasteiger partial charge in [0.1, 0.15) is 12.4 Å². The van der Waals surface area contributed by atoms with Crippen LogP contribution in [0.5, 0.6) is 5.75 Å². The van der Waals surface area contributed by atoms with Crippen LogP contribution in [-0.4, -0.2) is 37.0 Å². The number of likely N-dealkylation sites (N-methyl/N-ethyl adjacent to an activating group) is 1. The zero-order chi connectivity index (χ0) is 17.4. The maximum atomic E-state index is 12.2. The first-order valence-corrected chi connectivity index (χ1v) is 8.93. The van der Waals surface area contributed by atoms with Crippen molar-refractivity contribution >= 4 is 27.5 Å². The minimum absolute atomic E-state index is 0.133. The molecule has 0 aliphatic heterocycles. The summed E-state index contributed by atoms with van der Waals surface area (Å²) in [6.07, 6.45) is 0. The molecule has 128 valence electrons. The summed E-state index contributed by atoms with van der Waals surface area (Å²) in [5, 5.41) is 2.88. The highest BCUT2D eigenvalue weighted by Crippen LogP contribution is 2.17. The van der Waals surface area contributed by atoms with Crippen molar-refractivity contribution in [3.63, 3.8) is 0 Å². The predicted octanol–water partition coefficient (Wildman–Crippen LogP) is 4.42. The van der Waals surface area contributed by atoms with Crippen molar-refractivity contribution in [2.24, 2.45) is 0 Å². The smallest absolute Gasteiger partial charge is 0.255 e. The number of hydrogen-bond donors (Lipinski definition) is 1. The summed E-state index contributed by atoms with van der Waals surface area (Å²) < 4.78 is 6.62. The first-order chi connectivity index (χ1) is 11.6. The molecule has 1 N–H and O–H groups in total. The number of carbonyl (C=O) groups is 1. The van der Waals surface area contributed by atoms with Crippen LogP contribution < -0.4 is 10.1 Å². The van der Waals surface area contributed by atoms with Crippen molar-refractivity contribution in [1.29, 1.82) is 0 Å². The maximum Gasteiger partial charge on any atom is 0.255 e. The second-order valence-electron chi connectivity index (χ2n) is 5.36. The minimum Gasteiger partial charge on any atom is -0.492 e. The number of ether oxygens (including phenoxy) is 1. The van der Waals surface area contributed by atoms with Crippen LogP contribution in [0.15, 0.2) is 53.0 Å². The van der Waals surface area contributed by atoms with Gasteiger partial charge >= 0.3 is 0 Å². The number of nitrogens with one attached hydrogen (secondary N) is 1. The van der Waals surface area contributed by atoms with Gasteiger partial charge in [-0.25, -0.2) is 0 Å². The Morgan fingerprint density at radius 2 is 1.83 bits per heavy atom. The van der Waals surface area contributed by atoms with Crippen molar-refractivity contribution in [2.45, 2.75) is 13.8 Å². The van der Waals surface area contributed by atoms with Crippen LogP contribution in [0.3, 0.4) is 0 Å². The highest BCUT2D eigenvalue weighted by atomic mass is 79.9. The summed E-state index contributed by atoms with van der Waals surface area (Å²) in [5.74, 6) is 0.675. The molecule has 2 aromatic rings. The van der Waals surface area contributed by atoms with E-state index >= 15 is 0 Å². The Labute approximate surface area is 151 Å². The van der Waals surface area contributed by atoms with E-state index in [9.17, 15) is 4.79 Å². The van der Waals surface area contributed by atoms with Gasteiger partial charge in [0, 0.05) is 22.3 Å². The van der Waals surface area contributed by atoms with Gasteiger partial charge in [-0.2, -0.15) is 0 Å². The number of carbonyl (C=O) groups excluding carboxylic acids is 1. The van der Waals surface area contributed by atoms with Crippen LogP contribution in [0, 0.1) is 0 Å². The summed E-state index contributed by atoms with van der Waals surface area (Å²) in [6.45, 7) is 7.92. The molecule has 0 radical (unpaired) electrons. The van der Waals surface area contributed by atoms with E-state index in [4.69, 9.17) is 4.74 Å². The molecular weight excluding hydrogens is 368 g/mol. The van der Waals surface area contributed by atoms with Crippen LogP contribution in [0.4, 0.5) is 5.69 Å². The van der Waals surface area contributed by atoms with Gasteiger partial charge in [-0.1, -0.05) is 35.8 Å². The summed E-state index contributed by atoms with van der Waals surface area (Å²) in [7, 11) is 0. The van der Waals surface area contributed by atoms with Gasteiger partial charge in [0.15, 0.2) is 0 Å². The summed E-state index contributed by atoms with van der Waals surface area (Å²) in [5.41, 5.74) is 1.36. The molecule has 0 saturated heterocycles. The van der Waals surface area contributed by atoms with E-state index in [2.05, 4.69) is 40.0 Å². The van der Waals surface area contributed by atoms with E-state index in [1.807, 2.05) is 36.4 Å². The van der Waals surface area contributed by atoms with Gasteiger partial charge in [-0.05, 0) is 55.6 Å². The normalized spacial score (nSPS) is 10.7. The number of benzene rings is 2. The Bertz CT molecular complexity index is 655. The number of rotatable bonds is 8. The van der Waals surface area contributed by atoms with E-state index in [1.165, 1.54) is 0 Å². The van der Waals surface area contributed by atoms with Crippen molar-refractivity contribution in [2.75, 3.05) is 31.6 Å². The highest BCUT2D eigenvalue weighted by Gasteiger charge is 2.06. The average Bonchev–Trinajstić information content (AvgIpc) is 2.60. The Hall–Kier alpha value is -1.85. The van der Waals surface area contributed by atoms with Crippen molar-refractivity contribution in [3.8, 4) is 5.75 Å². The Kier molecular flexibility index (Phi) is 7.28. The SMILES string of the molecule is CCN(CC)CCOc1ccc(NC(=O)c2cccc(Br)c2)cc1. The van der Waals surface area contributed by atoms with Gasteiger partial charge in [-0.3, -0.25) is 4.79 Å². The summed E-state index contributed by atoms with van der Waals surface area (Å²) in [4.78, 5) is 14.5. The second-order valence-corrected chi connectivity index (χ2v) is 6.28. The Morgan fingerprint density at radius 1 is 1.12 bits per heavy atom. The zero-order valence-corrected chi connectivity index (χ0v) is 15.7. The van der Waals surface area contributed by atoms with E-state index < -0.39 is 0 Å². The second kappa shape index (κ2) is 9.45. The molecule has 0 bridgehead atoms. The highest BCUT2D eigenvalue weighted by molar-refractivity contribution is 9.10. The van der Waals surface area contributed by atoms with Crippen molar-refractivity contribution in [1.82, 2.24) is 4.90 Å². The molecule has 2 rings (SSSR count). The van der Waals surface area contributed by atoms with E-state index in [1.54, 1.807) is 12.1 Å². The lowest BCUT2D eigenvalue weighted by atomic mass is 10.2. The standard InChI is InChI=1S/C19H23BrN2O2/c1-3-22(4-2)12-13-24-18-10-8-17(9-11-18)21-19(23)15-6-5-7-16(20)14-15/h5-11,14H,3-4,12-13H2,1-2H3,(H,21,23). The molecule has 0 heterocycles. The summed E-state index contributed by atoms with van der Waals surface area (Å²) in [6, 6.07) is 14.8. The zero-order valence-electron chi connectivity index (χ0n) is 14.1. The Morgan fingerprint density at radius 3 is 2.46 bits per heavy atom. The number of anilines is 1. The maximum absolute atomic E-state index is 12.2. The van der Waals surface area contributed by atoms with Crippen LogP contribution in [0.1, 0.15) is 24.2 Å². The number of nitrogens with zero attached hydrogens (tertiary/aromatic N) is 1. The molecule has 1 amide bonds. The monoisotopic (exact) mass is 390 g/mol. The van der Waals surface area contributed by atoms with Crippen LogP contribution in [0.25, 0.3) is 0 Å². The predicted molar refractivity (Wildman–Crippen MR) is 102 cm³/mol. The number of amides is 1. The lowest BCUT2D eigenvalue weighted by Crippen LogP contribution is -2.27. The lowest BCUT2D eigenvalue weighted by Gasteiger charge is -2.18. The molecule has 5 heteroatoms. The van der Waals surface area contributed by atoms with Crippen LogP contribution in [-0.2, 0) is 0 Å². The molecule has 0 saturated carbocycles. The minimum atomic E-state index is -0.133. The fraction of sp³-hybridized carbons (Fsp3) is 0.316. The van der Waals surface area contributed by atoms with Gasteiger partial charge in [-0.15, -0.1) is 0 Å². The van der Waals surface area contributed by atoms with Crippen LogP contribution >= 0.6 is 15.9 Å². The molecule has 0 spiro atoms. The first kappa shape index (κ1) is 18.5. The molecule has 0 aliphatic carbocycles. The van der Waals surface area contributed by atoms with Gasteiger partial charge in [0.05, 0.1) is 0 Å². The fourth-order valence-electron chi connectivity index (χ4n) is 2.30. The van der Waals surface area contributed by atoms with Crippen LogP contribution in [0.2, 0.25) is 0 Å². The average molecular weight is 391 g/mol. The van der Waals surface area contributed by atoms with Crippen molar-refractivity contribution in [3.05, 3.63) is 58.6 Å². The van der Waals surface area contributed by atoms with Gasteiger partial charge < -0.3 is 15.0 Å². The van der Waals surface area contributed by atoms with E-state index in [0.717, 1.165) is 35.5 Å². The number of hydrogen-bond acceptors (Lipinski definition) is 3. The third-order valence-corrected chi connectivity index (χ3v) is 4.26. The molecule has 24 heavy (non-hydrogen) atoms. The Balaban J connectivity index is 1.86. The molecule has 0 atom stereocenters. The third kappa shape index (κ3) is 5.65. The molecule has 2 aromatic carbocycles. The molecular formula is C19H23BrN2O2. The largest absolute Gasteiger partial charge is 0.492 e. The summed E-state index contributed by atoms with van der Waals surface area (Å²) >= 11 is 3.37. The lowest BCUT2D eigenvalue weighted by molar-refractivity contribution is 0.102.